The van der Waals surface area contributed by atoms with Gasteiger partial charge >= 0.3 is 0 Å². The second-order valence-electron chi connectivity index (χ2n) is 7.33. The van der Waals surface area contributed by atoms with Crippen LogP contribution in [0.25, 0.3) is 0 Å². The van der Waals surface area contributed by atoms with E-state index in [1.807, 2.05) is 26.0 Å². The van der Waals surface area contributed by atoms with Crippen molar-refractivity contribution in [2.45, 2.75) is 46.2 Å². The zero-order valence-electron chi connectivity index (χ0n) is 18.0. The van der Waals surface area contributed by atoms with Crippen LogP contribution in [0.5, 0.6) is 5.75 Å². The maximum Gasteiger partial charge on any atom is 0.216 e. The minimum absolute atomic E-state index is 0.226. The standard InChI is InChI=1S/C22H33N5O2/c1-5-23-22(25-15-21-26-16(2)17(3)29-21)24-14-19(27-12-8-9-13-27)18-10-6-7-11-20(18)28-4/h6-7,10-11,19H,5,8-9,12-15H2,1-4H3,(H2,23,24,25). The van der Waals surface area contributed by atoms with Crippen LogP contribution in [0, 0.1) is 13.8 Å². The third kappa shape index (κ3) is 5.50. The number of ether oxygens (including phenoxy) is 1. The molecule has 1 saturated heterocycles. The van der Waals surface area contributed by atoms with E-state index in [0.29, 0.717) is 12.4 Å². The normalized spacial score (nSPS) is 16.1. The van der Waals surface area contributed by atoms with Crippen molar-refractivity contribution in [3.05, 3.63) is 47.2 Å². The number of rotatable bonds is 8. The van der Waals surface area contributed by atoms with Gasteiger partial charge in [-0.2, -0.15) is 0 Å². The van der Waals surface area contributed by atoms with Crippen molar-refractivity contribution < 1.29 is 9.15 Å². The van der Waals surface area contributed by atoms with Crippen LogP contribution in [0.1, 0.15) is 48.7 Å². The number of methoxy groups -OCH3 is 1. The number of oxazole rings is 1. The number of guanidine groups is 1. The monoisotopic (exact) mass is 399 g/mol. The Morgan fingerprint density at radius 2 is 2.00 bits per heavy atom. The van der Waals surface area contributed by atoms with Gasteiger partial charge in [-0.3, -0.25) is 4.90 Å². The predicted octanol–water partition coefficient (Wildman–Crippen LogP) is 3.19. The Kier molecular flexibility index (Phi) is 7.52. The largest absolute Gasteiger partial charge is 0.496 e. The summed E-state index contributed by atoms with van der Waals surface area (Å²) >= 11 is 0. The lowest BCUT2D eigenvalue weighted by molar-refractivity contribution is 0.239. The van der Waals surface area contributed by atoms with E-state index < -0.39 is 0 Å². The molecule has 1 aliphatic heterocycles. The van der Waals surface area contributed by atoms with Crippen molar-refractivity contribution in [2.75, 3.05) is 33.3 Å². The number of aromatic nitrogens is 1. The molecule has 1 aromatic heterocycles. The summed E-state index contributed by atoms with van der Waals surface area (Å²) in [6, 6.07) is 8.51. The Morgan fingerprint density at radius 1 is 1.24 bits per heavy atom. The number of likely N-dealkylation sites (tertiary alicyclic amines) is 1. The first-order valence-electron chi connectivity index (χ1n) is 10.4. The Labute approximate surface area is 173 Å². The van der Waals surface area contributed by atoms with E-state index in [9.17, 15) is 0 Å². The lowest BCUT2D eigenvalue weighted by atomic mass is 10.0. The molecule has 1 atom stereocenters. The number of benzene rings is 1. The molecule has 7 heteroatoms. The van der Waals surface area contributed by atoms with E-state index in [-0.39, 0.29) is 6.04 Å². The number of hydrogen-bond donors (Lipinski definition) is 2. The van der Waals surface area contributed by atoms with Crippen LogP contribution in [0.3, 0.4) is 0 Å². The summed E-state index contributed by atoms with van der Waals surface area (Å²) in [6.45, 7) is 10.1. The van der Waals surface area contributed by atoms with Gasteiger partial charge in [0.2, 0.25) is 5.89 Å². The highest BCUT2D eigenvalue weighted by molar-refractivity contribution is 5.79. The van der Waals surface area contributed by atoms with Crippen LogP contribution in [0.4, 0.5) is 0 Å². The molecule has 1 aromatic carbocycles. The summed E-state index contributed by atoms with van der Waals surface area (Å²) in [5.41, 5.74) is 2.12. The SMILES string of the molecule is CCNC(=NCc1nc(C)c(C)o1)NCC(c1ccccc1OC)N1CCCC1. The van der Waals surface area contributed by atoms with Gasteiger partial charge in [-0.15, -0.1) is 0 Å². The first kappa shape index (κ1) is 21.2. The van der Waals surface area contributed by atoms with Crippen LogP contribution in [0.2, 0.25) is 0 Å². The minimum atomic E-state index is 0.226. The molecule has 2 aromatic rings. The zero-order valence-corrected chi connectivity index (χ0v) is 18.0. The topological polar surface area (TPSA) is 74.9 Å². The van der Waals surface area contributed by atoms with Crippen LogP contribution in [0.15, 0.2) is 33.7 Å². The molecule has 2 N–H and O–H groups in total. The predicted molar refractivity (Wildman–Crippen MR) is 115 cm³/mol. The molecule has 1 fully saturated rings. The van der Waals surface area contributed by atoms with Crippen molar-refractivity contribution in [3.8, 4) is 5.75 Å². The molecular weight excluding hydrogens is 366 g/mol. The Hall–Kier alpha value is -2.54. The average Bonchev–Trinajstić information content (AvgIpc) is 3.37. The highest BCUT2D eigenvalue weighted by Gasteiger charge is 2.26. The minimum Gasteiger partial charge on any atom is -0.496 e. The van der Waals surface area contributed by atoms with Gasteiger partial charge in [-0.05, 0) is 52.8 Å². The molecule has 0 saturated carbocycles. The van der Waals surface area contributed by atoms with E-state index >= 15 is 0 Å². The van der Waals surface area contributed by atoms with Crippen LogP contribution in [-0.2, 0) is 6.54 Å². The summed E-state index contributed by atoms with van der Waals surface area (Å²) in [7, 11) is 1.74. The van der Waals surface area contributed by atoms with E-state index in [1.54, 1.807) is 7.11 Å². The van der Waals surface area contributed by atoms with Crippen molar-refractivity contribution in [2.24, 2.45) is 4.99 Å². The number of aliphatic imine (C=N–C) groups is 1. The number of nitrogens with zero attached hydrogens (tertiary/aromatic N) is 3. The van der Waals surface area contributed by atoms with Gasteiger partial charge in [0.1, 0.15) is 18.1 Å². The van der Waals surface area contributed by atoms with Crippen molar-refractivity contribution >= 4 is 5.96 Å². The Balaban J connectivity index is 1.73. The van der Waals surface area contributed by atoms with Crippen LogP contribution >= 0.6 is 0 Å². The summed E-state index contributed by atoms with van der Waals surface area (Å²) in [4.78, 5) is 11.6. The number of aryl methyl sites for hydroxylation is 2. The maximum atomic E-state index is 5.65. The molecular formula is C22H33N5O2. The van der Waals surface area contributed by atoms with Gasteiger partial charge < -0.3 is 19.8 Å². The number of para-hydroxylation sites is 1. The Bertz CT molecular complexity index is 792. The molecule has 0 spiro atoms. The van der Waals surface area contributed by atoms with Gasteiger partial charge in [0.15, 0.2) is 5.96 Å². The lowest BCUT2D eigenvalue weighted by Gasteiger charge is -2.30. The fraction of sp³-hybridized carbons (Fsp3) is 0.545. The molecule has 0 aliphatic carbocycles. The van der Waals surface area contributed by atoms with Crippen LogP contribution < -0.4 is 15.4 Å². The molecule has 1 unspecified atom stereocenters. The first-order valence-corrected chi connectivity index (χ1v) is 10.4. The van der Waals surface area contributed by atoms with Gasteiger partial charge in [0.05, 0.1) is 18.8 Å². The second-order valence-corrected chi connectivity index (χ2v) is 7.33. The molecule has 0 bridgehead atoms. The van der Waals surface area contributed by atoms with Crippen molar-refractivity contribution in [3.63, 3.8) is 0 Å². The Morgan fingerprint density at radius 3 is 2.66 bits per heavy atom. The molecule has 29 heavy (non-hydrogen) atoms. The molecule has 2 heterocycles. The first-order chi connectivity index (χ1) is 14.1. The van der Waals surface area contributed by atoms with Gasteiger partial charge in [-0.25, -0.2) is 9.98 Å². The molecule has 3 rings (SSSR count). The second kappa shape index (κ2) is 10.3. The fourth-order valence-electron chi connectivity index (χ4n) is 3.72. The van der Waals surface area contributed by atoms with Gasteiger partial charge in [0, 0.05) is 18.7 Å². The van der Waals surface area contributed by atoms with Gasteiger partial charge in [0.25, 0.3) is 0 Å². The smallest absolute Gasteiger partial charge is 0.216 e. The fourth-order valence-corrected chi connectivity index (χ4v) is 3.72. The summed E-state index contributed by atoms with van der Waals surface area (Å²) in [5.74, 6) is 3.18. The van der Waals surface area contributed by atoms with Gasteiger partial charge in [-0.1, -0.05) is 18.2 Å². The summed E-state index contributed by atoms with van der Waals surface area (Å²) in [6.07, 6.45) is 2.48. The highest BCUT2D eigenvalue weighted by Crippen LogP contribution is 2.31. The number of hydrogen-bond acceptors (Lipinski definition) is 5. The van der Waals surface area contributed by atoms with E-state index in [2.05, 4.69) is 44.6 Å². The molecule has 1 aliphatic rings. The third-order valence-corrected chi connectivity index (χ3v) is 5.33. The van der Waals surface area contributed by atoms with Crippen molar-refractivity contribution in [1.82, 2.24) is 20.5 Å². The maximum absolute atomic E-state index is 5.65. The lowest BCUT2D eigenvalue weighted by Crippen LogP contribution is -2.42. The molecule has 0 amide bonds. The van der Waals surface area contributed by atoms with Crippen molar-refractivity contribution in [1.29, 1.82) is 0 Å². The van der Waals surface area contributed by atoms with E-state index in [0.717, 1.165) is 49.3 Å². The summed E-state index contributed by atoms with van der Waals surface area (Å²) in [5, 5.41) is 6.83. The summed E-state index contributed by atoms with van der Waals surface area (Å²) < 4.78 is 11.3. The zero-order chi connectivity index (χ0) is 20.6. The average molecular weight is 400 g/mol. The number of nitrogens with one attached hydrogen (secondary N) is 2. The highest BCUT2D eigenvalue weighted by atomic mass is 16.5. The van der Waals surface area contributed by atoms with E-state index in [1.165, 1.54) is 18.4 Å². The third-order valence-electron chi connectivity index (χ3n) is 5.33. The molecule has 0 radical (unpaired) electrons. The van der Waals surface area contributed by atoms with Crippen LogP contribution in [-0.4, -0.2) is 49.1 Å². The molecule has 7 nitrogen and oxygen atoms in total. The quantitative estimate of drug-likeness (QED) is 0.525. The van der Waals surface area contributed by atoms with E-state index in [4.69, 9.17) is 9.15 Å². The molecule has 158 valence electrons.